The molecule has 0 saturated heterocycles. The molecule has 1 heterocycles. The van der Waals surface area contributed by atoms with Crippen LogP contribution in [0.2, 0.25) is 0 Å². The Hall–Kier alpha value is -2.22. The van der Waals surface area contributed by atoms with Gasteiger partial charge in [0.1, 0.15) is 6.04 Å². The first-order chi connectivity index (χ1) is 12.0. The van der Waals surface area contributed by atoms with Crippen LogP contribution in [0.1, 0.15) is 50.6 Å². The Morgan fingerprint density at radius 1 is 1.20 bits per heavy atom. The Bertz CT molecular complexity index is 787. The van der Waals surface area contributed by atoms with Gasteiger partial charge in [0.25, 0.3) is 0 Å². The monoisotopic (exact) mass is 365 g/mol. The highest BCUT2D eigenvalue weighted by molar-refractivity contribution is 7.91. The topological polar surface area (TPSA) is 102 Å². The van der Waals surface area contributed by atoms with E-state index in [1.165, 1.54) is 6.92 Å². The Morgan fingerprint density at radius 3 is 2.56 bits per heavy atom. The minimum absolute atomic E-state index is 0.0979. The minimum atomic E-state index is -3.58. The lowest BCUT2D eigenvalue weighted by Gasteiger charge is -2.15. The third kappa shape index (κ3) is 5.38. The van der Waals surface area contributed by atoms with Crippen LogP contribution in [0.25, 0.3) is 0 Å². The zero-order valence-corrected chi connectivity index (χ0v) is 15.3. The summed E-state index contributed by atoms with van der Waals surface area (Å²) >= 11 is 0. The first kappa shape index (κ1) is 19.1. The molecule has 0 radical (unpaired) electrons. The van der Waals surface area contributed by atoms with Gasteiger partial charge < -0.3 is 9.73 Å². The van der Waals surface area contributed by atoms with E-state index < -0.39 is 21.1 Å². The lowest BCUT2D eigenvalue weighted by Crippen LogP contribution is -2.30. The Labute approximate surface area is 147 Å². The summed E-state index contributed by atoms with van der Waals surface area (Å²) in [6, 6.07) is 8.96. The molecule has 0 saturated carbocycles. The summed E-state index contributed by atoms with van der Waals surface area (Å²) in [5.41, 5.74) is 0.974. The molecule has 0 spiro atoms. The number of benzene rings is 1. The maximum Gasteiger partial charge on any atom is 0.335 e. The van der Waals surface area contributed by atoms with Crippen LogP contribution in [-0.2, 0) is 21.1 Å². The zero-order chi connectivity index (χ0) is 18.3. The van der Waals surface area contributed by atoms with Crippen LogP contribution in [0.3, 0.4) is 0 Å². The standard InChI is InChI=1S/C17H23N3O4S/c1-3-5-11-15(21)18-14(12-13-9-7-6-8-10-13)16-19-20-17(24-16)25(22,23)4-2/h6-10,14H,3-5,11-12H2,1-2H3,(H,18,21)/t14-/m0/s1. The second-order valence-electron chi connectivity index (χ2n) is 5.72. The van der Waals surface area contributed by atoms with Crippen molar-refractivity contribution in [1.29, 1.82) is 0 Å². The average molecular weight is 365 g/mol. The number of rotatable bonds is 9. The van der Waals surface area contributed by atoms with E-state index in [0.29, 0.717) is 12.8 Å². The molecule has 0 fully saturated rings. The molecule has 0 aliphatic rings. The number of carbonyl (C=O) groups excluding carboxylic acids is 1. The smallest absolute Gasteiger partial charge is 0.335 e. The Balaban J connectivity index is 2.23. The number of unbranched alkanes of at least 4 members (excludes halogenated alkanes) is 1. The van der Waals surface area contributed by atoms with Crippen LogP contribution in [0.15, 0.2) is 40.0 Å². The fraction of sp³-hybridized carbons (Fsp3) is 0.471. The molecule has 1 aromatic carbocycles. The van der Waals surface area contributed by atoms with Gasteiger partial charge >= 0.3 is 5.22 Å². The van der Waals surface area contributed by atoms with E-state index in [4.69, 9.17) is 4.42 Å². The molecule has 2 aromatic rings. The molecule has 1 atom stereocenters. The van der Waals surface area contributed by atoms with Gasteiger partial charge in [-0.1, -0.05) is 55.7 Å². The van der Waals surface area contributed by atoms with Crippen molar-refractivity contribution in [3.05, 3.63) is 41.8 Å². The number of sulfone groups is 1. The molecule has 0 bridgehead atoms. The maximum atomic E-state index is 12.1. The molecule has 2 rings (SSSR count). The van der Waals surface area contributed by atoms with Crippen LogP contribution < -0.4 is 5.32 Å². The molecule has 136 valence electrons. The summed E-state index contributed by atoms with van der Waals surface area (Å²) in [4.78, 5) is 12.1. The minimum Gasteiger partial charge on any atom is -0.410 e. The second kappa shape index (κ2) is 8.75. The van der Waals surface area contributed by atoms with Crippen LogP contribution >= 0.6 is 0 Å². The van der Waals surface area contributed by atoms with E-state index in [1.54, 1.807) is 0 Å². The summed E-state index contributed by atoms with van der Waals surface area (Å²) in [5, 5.41) is 9.94. The number of aromatic nitrogens is 2. The summed E-state index contributed by atoms with van der Waals surface area (Å²) in [6.07, 6.45) is 2.53. The number of nitrogens with one attached hydrogen (secondary N) is 1. The first-order valence-electron chi connectivity index (χ1n) is 8.35. The van der Waals surface area contributed by atoms with E-state index in [-0.39, 0.29) is 17.6 Å². The molecule has 0 unspecified atom stereocenters. The van der Waals surface area contributed by atoms with Crippen LogP contribution in [0, 0.1) is 0 Å². The Morgan fingerprint density at radius 2 is 1.92 bits per heavy atom. The van der Waals surface area contributed by atoms with Gasteiger partial charge in [0.15, 0.2) is 0 Å². The third-order valence-corrected chi connectivity index (χ3v) is 5.20. The average Bonchev–Trinajstić information content (AvgIpc) is 3.11. The van der Waals surface area contributed by atoms with E-state index in [1.807, 2.05) is 37.3 Å². The molecular weight excluding hydrogens is 342 g/mol. The lowest BCUT2D eigenvalue weighted by molar-refractivity contribution is -0.122. The Kier molecular flexibility index (Phi) is 6.69. The SMILES string of the molecule is CCCCC(=O)N[C@@H](Cc1ccccc1)c1nnc(S(=O)(=O)CC)o1. The van der Waals surface area contributed by atoms with E-state index in [2.05, 4.69) is 15.5 Å². The largest absolute Gasteiger partial charge is 0.410 e. The summed E-state index contributed by atoms with van der Waals surface area (Å²) in [6.45, 7) is 3.52. The second-order valence-corrected chi connectivity index (χ2v) is 7.88. The highest BCUT2D eigenvalue weighted by atomic mass is 32.2. The van der Waals surface area contributed by atoms with Gasteiger partial charge in [-0.05, 0) is 12.0 Å². The van der Waals surface area contributed by atoms with Crippen molar-refractivity contribution in [1.82, 2.24) is 15.5 Å². The highest BCUT2D eigenvalue weighted by Crippen LogP contribution is 2.20. The predicted octanol–water partition coefficient (Wildman–Crippen LogP) is 2.45. The summed E-state index contributed by atoms with van der Waals surface area (Å²) in [5.74, 6) is -0.150. The molecule has 1 aromatic heterocycles. The van der Waals surface area contributed by atoms with Crippen molar-refractivity contribution in [2.75, 3.05) is 5.75 Å². The number of carbonyl (C=O) groups is 1. The summed E-state index contributed by atoms with van der Waals surface area (Å²) in [7, 11) is -3.58. The molecule has 7 nitrogen and oxygen atoms in total. The van der Waals surface area contributed by atoms with Crippen molar-refractivity contribution in [2.45, 2.75) is 50.8 Å². The first-order valence-corrected chi connectivity index (χ1v) is 10.0. The van der Waals surface area contributed by atoms with Gasteiger partial charge in [-0.15, -0.1) is 5.10 Å². The van der Waals surface area contributed by atoms with Crippen molar-refractivity contribution < 1.29 is 17.6 Å². The lowest BCUT2D eigenvalue weighted by atomic mass is 10.1. The van der Waals surface area contributed by atoms with Crippen molar-refractivity contribution in [3.63, 3.8) is 0 Å². The van der Waals surface area contributed by atoms with Crippen LogP contribution in [0.4, 0.5) is 0 Å². The van der Waals surface area contributed by atoms with Gasteiger partial charge in [0.2, 0.25) is 21.6 Å². The van der Waals surface area contributed by atoms with E-state index in [0.717, 1.165) is 18.4 Å². The third-order valence-electron chi connectivity index (χ3n) is 3.74. The van der Waals surface area contributed by atoms with Gasteiger partial charge in [0.05, 0.1) is 5.75 Å². The molecule has 8 heteroatoms. The molecule has 1 N–H and O–H groups in total. The van der Waals surface area contributed by atoms with Crippen molar-refractivity contribution in [3.8, 4) is 0 Å². The zero-order valence-electron chi connectivity index (χ0n) is 14.4. The van der Waals surface area contributed by atoms with Gasteiger partial charge in [0, 0.05) is 12.8 Å². The molecular formula is C17H23N3O4S. The predicted molar refractivity (Wildman–Crippen MR) is 92.6 cm³/mol. The number of hydrogen-bond acceptors (Lipinski definition) is 6. The van der Waals surface area contributed by atoms with Crippen molar-refractivity contribution >= 4 is 15.7 Å². The van der Waals surface area contributed by atoms with Crippen molar-refractivity contribution in [2.24, 2.45) is 0 Å². The maximum absolute atomic E-state index is 12.1. The molecule has 0 aliphatic carbocycles. The quantitative estimate of drug-likeness (QED) is 0.732. The molecule has 1 amide bonds. The van der Waals surface area contributed by atoms with E-state index >= 15 is 0 Å². The number of amides is 1. The van der Waals surface area contributed by atoms with Gasteiger partial charge in [-0.25, -0.2) is 8.42 Å². The molecule has 0 aliphatic heterocycles. The number of hydrogen-bond donors (Lipinski definition) is 1. The van der Waals surface area contributed by atoms with Gasteiger partial charge in [-0.2, -0.15) is 0 Å². The van der Waals surface area contributed by atoms with E-state index in [9.17, 15) is 13.2 Å². The molecule has 25 heavy (non-hydrogen) atoms. The fourth-order valence-corrected chi connectivity index (χ4v) is 2.89. The van der Waals surface area contributed by atoms with Gasteiger partial charge in [-0.3, -0.25) is 4.79 Å². The summed E-state index contributed by atoms with van der Waals surface area (Å²) < 4.78 is 29.1. The fourth-order valence-electron chi connectivity index (χ4n) is 2.26. The highest BCUT2D eigenvalue weighted by Gasteiger charge is 2.25. The van der Waals surface area contributed by atoms with Crippen LogP contribution in [0.5, 0.6) is 0 Å². The van der Waals surface area contributed by atoms with Crippen LogP contribution in [-0.4, -0.2) is 30.3 Å². The number of nitrogens with zero attached hydrogens (tertiary/aromatic N) is 2. The normalized spacial score (nSPS) is 12.7.